The average Bonchev–Trinajstić information content (AvgIpc) is 2.25. The van der Waals surface area contributed by atoms with E-state index in [1.165, 1.54) is 0 Å². The molecule has 0 aliphatic heterocycles. The van der Waals surface area contributed by atoms with Gasteiger partial charge in [0.05, 0.1) is 6.10 Å². The largest absolute Gasteiger partial charge is 0.396 e. The van der Waals surface area contributed by atoms with Crippen LogP contribution in [-0.4, -0.2) is 22.9 Å². The van der Waals surface area contributed by atoms with Crippen molar-refractivity contribution in [1.82, 2.24) is 0 Å². The van der Waals surface area contributed by atoms with Crippen molar-refractivity contribution in [2.45, 2.75) is 18.9 Å². The molecule has 0 fully saturated rings. The molecule has 0 aliphatic rings. The normalized spacial score (nSPS) is 13.3. The molecule has 1 rings (SSSR count). The summed E-state index contributed by atoms with van der Waals surface area (Å²) in [7, 11) is 0. The van der Waals surface area contributed by atoms with Crippen molar-refractivity contribution >= 4 is 6.08 Å². The molecule has 0 amide bonds. The van der Waals surface area contributed by atoms with E-state index in [0.717, 1.165) is 5.56 Å². The van der Waals surface area contributed by atoms with Crippen molar-refractivity contribution in [3.63, 3.8) is 0 Å². The molecule has 0 saturated heterocycles. The lowest BCUT2D eigenvalue weighted by Crippen LogP contribution is -2.02. The summed E-state index contributed by atoms with van der Waals surface area (Å²) < 4.78 is 0. The summed E-state index contributed by atoms with van der Waals surface area (Å²) in [6.45, 7) is 0.135. The molecule has 1 aromatic rings. The summed E-state index contributed by atoms with van der Waals surface area (Å²) >= 11 is 0. The van der Waals surface area contributed by atoms with Gasteiger partial charge in [0.15, 0.2) is 0 Å². The Morgan fingerprint density at radius 1 is 1.21 bits per heavy atom. The number of aliphatic hydroxyl groups is 2. The van der Waals surface area contributed by atoms with Gasteiger partial charge in [-0.25, -0.2) is 0 Å². The van der Waals surface area contributed by atoms with Crippen LogP contribution in [0.15, 0.2) is 36.4 Å². The highest BCUT2D eigenvalue weighted by molar-refractivity contribution is 5.49. The van der Waals surface area contributed by atoms with E-state index < -0.39 is 6.10 Å². The lowest BCUT2D eigenvalue weighted by Gasteiger charge is -2.02. The Morgan fingerprint density at radius 3 is 2.57 bits per heavy atom. The molecule has 76 valence electrons. The number of hydrogen-bond donors (Lipinski definition) is 2. The highest BCUT2D eigenvalue weighted by Crippen LogP contribution is 2.04. The van der Waals surface area contributed by atoms with E-state index >= 15 is 0 Å². The van der Waals surface area contributed by atoms with Crippen molar-refractivity contribution < 1.29 is 10.2 Å². The minimum absolute atomic E-state index is 0.135. The standard InChI is InChI=1S/C12H16O2/c13-10-4-7-12(14)9-8-11-5-2-1-3-6-11/h1-3,5-6,8-9,12-14H,4,7,10H2/b9-8+/t12-/m0/s1. The molecule has 0 aliphatic carbocycles. The SMILES string of the molecule is OCCC[C@H](O)/C=C/c1ccccc1. The summed E-state index contributed by atoms with van der Waals surface area (Å²) in [6, 6.07) is 9.84. The van der Waals surface area contributed by atoms with Crippen LogP contribution in [0.1, 0.15) is 18.4 Å². The van der Waals surface area contributed by atoms with E-state index in [1.807, 2.05) is 36.4 Å². The van der Waals surface area contributed by atoms with E-state index in [-0.39, 0.29) is 6.61 Å². The first-order valence-electron chi connectivity index (χ1n) is 4.85. The van der Waals surface area contributed by atoms with Gasteiger partial charge in [0.2, 0.25) is 0 Å². The van der Waals surface area contributed by atoms with Crippen molar-refractivity contribution in [2.75, 3.05) is 6.61 Å². The summed E-state index contributed by atoms with van der Waals surface area (Å²) in [5.41, 5.74) is 1.08. The van der Waals surface area contributed by atoms with Crippen LogP contribution in [0.4, 0.5) is 0 Å². The van der Waals surface area contributed by atoms with Gasteiger partial charge in [-0.05, 0) is 18.4 Å². The zero-order chi connectivity index (χ0) is 10.2. The van der Waals surface area contributed by atoms with Crippen molar-refractivity contribution in [1.29, 1.82) is 0 Å². The number of aliphatic hydroxyl groups excluding tert-OH is 2. The Kier molecular flexibility index (Phi) is 4.97. The molecule has 1 atom stereocenters. The molecule has 0 spiro atoms. The van der Waals surface area contributed by atoms with Crippen LogP contribution in [0.3, 0.4) is 0 Å². The number of hydrogen-bond acceptors (Lipinski definition) is 2. The maximum absolute atomic E-state index is 9.44. The van der Waals surface area contributed by atoms with Crippen molar-refractivity contribution in [3.8, 4) is 0 Å². The summed E-state index contributed by atoms with van der Waals surface area (Å²) in [5, 5.41) is 18.0. The molecule has 2 N–H and O–H groups in total. The lowest BCUT2D eigenvalue weighted by atomic mass is 10.1. The van der Waals surface area contributed by atoms with Gasteiger partial charge in [-0.3, -0.25) is 0 Å². The highest BCUT2D eigenvalue weighted by Gasteiger charge is 1.96. The average molecular weight is 192 g/mol. The van der Waals surface area contributed by atoms with E-state index in [0.29, 0.717) is 12.8 Å². The second-order valence-corrected chi connectivity index (χ2v) is 3.20. The molecule has 2 heteroatoms. The van der Waals surface area contributed by atoms with Crippen LogP contribution in [0.5, 0.6) is 0 Å². The Morgan fingerprint density at radius 2 is 1.93 bits per heavy atom. The fraction of sp³-hybridized carbons (Fsp3) is 0.333. The predicted molar refractivity (Wildman–Crippen MR) is 57.8 cm³/mol. The van der Waals surface area contributed by atoms with E-state index in [4.69, 9.17) is 5.11 Å². The van der Waals surface area contributed by atoms with Crippen molar-refractivity contribution in [2.24, 2.45) is 0 Å². The second kappa shape index (κ2) is 6.35. The van der Waals surface area contributed by atoms with Gasteiger partial charge in [0.1, 0.15) is 0 Å². The maximum Gasteiger partial charge on any atom is 0.0725 e. The smallest absolute Gasteiger partial charge is 0.0725 e. The van der Waals surface area contributed by atoms with Crippen LogP contribution in [-0.2, 0) is 0 Å². The minimum Gasteiger partial charge on any atom is -0.396 e. The van der Waals surface area contributed by atoms with E-state index in [9.17, 15) is 5.11 Å². The third-order valence-corrected chi connectivity index (χ3v) is 1.97. The first kappa shape index (κ1) is 11.0. The quantitative estimate of drug-likeness (QED) is 0.747. The Balaban J connectivity index is 2.39. The molecule has 0 radical (unpaired) electrons. The van der Waals surface area contributed by atoms with Crippen LogP contribution in [0.2, 0.25) is 0 Å². The molecule has 14 heavy (non-hydrogen) atoms. The molecule has 0 unspecified atom stereocenters. The Bertz CT molecular complexity index is 267. The molecule has 0 bridgehead atoms. The van der Waals surface area contributed by atoms with Gasteiger partial charge in [0.25, 0.3) is 0 Å². The lowest BCUT2D eigenvalue weighted by molar-refractivity contribution is 0.191. The molecular weight excluding hydrogens is 176 g/mol. The molecule has 1 aromatic carbocycles. The van der Waals surface area contributed by atoms with Gasteiger partial charge in [0, 0.05) is 6.61 Å². The summed E-state index contributed by atoms with van der Waals surface area (Å²) in [4.78, 5) is 0. The van der Waals surface area contributed by atoms with Crippen LogP contribution in [0.25, 0.3) is 6.08 Å². The van der Waals surface area contributed by atoms with Gasteiger partial charge in [-0.15, -0.1) is 0 Å². The van der Waals surface area contributed by atoms with E-state index in [2.05, 4.69) is 0 Å². The minimum atomic E-state index is -0.456. The van der Waals surface area contributed by atoms with Crippen LogP contribution in [0, 0.1) is 0 Å². The second-order valence-electron chi connectivity index (χ2n) is 3.20. The number of benzene rings is 1. The zero-order valence-corrected chi connectivity index (χ0v) is 8.13. The Labute approximate surface area is 84.5 Å². The monoisotopic (exact) mass is 192 g/mol. The van der Waals surface area contributed by atoms with Crippen LogP contribution >= 0.6 is 0 Å². The van der Waals surface area contributed by atoms with Gasteiger partial charge in [-0.2, -0.15) is 0 Å². The maximum atomic E-state index is 9.44. The number of rotatable bonds is 5. The summed E-state index contributed by atoms with van der Waals surface area (Å²) in [6.07, 6.45) is 4.44. The van der Waals surface area contributed by atoms with E-state index in [1.54, 1.807) is 6.08 Å². The molecule has 0 saturated carbocycles. The van der Waals surface area contributed by atoms with Crippen molar-refractivity contribution in [3.05, 3.63) is 42.0 Å². The topological polar surface area (TPSA) is 40.5 Å². The van der Waals surface area contributed by atoms with Crippen LogP contribution < -0.4 is 0 Å². The first-order valence-corrected chi connectivity index (χ1v) is 4.85. The van der Waals surface area contributed by atoms with Gasteiger partial charge in [-0.1, -0.05) is 42.5 Å². The fourth-order valence-electron chi connectivity index (χ4n) is 1.18. The van der Waals surface area contributed by atoms with Gasteiger partial charge >= 0.3 is 0 Å². The molecule has 2 nitrogen and oxygen atoms in total. The highest BCUT2D eigenvalue weighted by atomic mass is 16.3. The third kappa shape index (κ3) is 4.21. The first-order chi connectivity index (χ1) is 6.83. The predicted octanol–water partition coefficient (Wildman–Crippen LogP) is 1.83. The third-order valence-electron chi connectivity index (χ3n) is 1.97. The van der Waals surface area contributed by atoms with Gasteiger partial charge < -0.3 is 10.2 Å². The molecule has 0 aromatic heterocycles. The zero-order valence-electron chi connectivity index (χ0n) is 8.13. The summed E-state index contributed by atoms with van der Waals surface area (Å²) in [5.74, 6) is 0. The molecule has 0 heterocycles. The fourth-order valence-corrected chi connectivity index (χ4v) is 1.18. The Hall–Kier alpha value is -1.12. The molecular formula is C12H16O2.